The number of H-pyrrole nitrogens is 1. The average molecular weight is 488 g/mol. The van der Waals surface area contributed by atoms with Crippen molar-refractivity contribution in [2.45, 2.75) is 12.0 Å². The number of hydrogen-bond donors (Lipinski definition) is 2. The van der Waals surface area contributed by atoms with Gasteiger partial charge >= 0.3 is 5.97 Å². The number of nitrogens with one attached hydrogen (secondary N) is 1. The van der Waals surface area contributed by atoms with Gasteiger partial charge in [0.05, 0.1) is 16.6 Å². The summed E-state index contributed by atoms with van der Waals surface area (Å²) in [4.78, 5) is 18.7. The molecule has 2 unspecified atom stereocenters. The van der Waals surface area contributed by atoms with Crippen molar-refractivity contribution in [1.82, 2.24) is 4.98 Å². The highest BCUT2D eigenvalue weighted by atomic mass is 32.1. The zero-order chi connectivity index (χ0) is 24.6. The lowest BCUT2D eigenvalue weighted by Crippen LogP contribution is -2.28. The summed E-state index contributed by atoms with van der Waals surface area (Å²) in [6.45, 7) is 0. The fourth-order valence-corrected chi connectivity index (χ4v) is 5.89. The number of benzene rings is 2. The van der Waals surface area contributed by atoms with Crippen LogP contribution in [0, 0.1) is 11.3 Å². The van der Waals surface area contributed by atoms with Crippen LogP contribution in [-0.4, -0.2) is 22.1 Å². The topological polar surface area (TPSA) is 80.1 Å². The molecule has 1 aliphatic heterocycles. The van der Waals surface area contributed by atoms with Crippen LogP contribution in [0.15, 0.2) is 103 Å². The third kappa shape index (κ3) is 3.76. The SMILES string of the molecule is N#C/C(=C/c1ccc(-c2ccc(-c3ccc(N4c5ccccc5C5C=CC=CC54)cc3)[nH]2)s1)C(=O)O. The van der Waals surface area contributed by atoms with Gasteiger partial charge in [-0.2, -0.15) is 5.26 Å². The van der Waals surface area contributed by atoms with Gasteiger partial charge in [0.15, 0.2) is 0 Å². The Bertz CT molecular complexity index is 1600. The fraction of sp³-hybridized carbons (Fsp3) is 0.0667. The number of carboxylic acids is 1. The molecule has 2 aromatic carbocycles. The zero-order valence-electron chi connectivity index (χ0n) is 19.1. The van der Waals surface area contributed by atoms with E-state index in [1.165, 1.54) is 28.7 Å². The summed E-state index contributed by atoms with van der Waals surface area (Å²) < 4.78 is 0. The molecule has 5 nitrogen and oxygen atoms in total. The number of hydrogen-bond acceptors (Lipinski definition) is 4. The van der Waals surface area contributed by atoms with E-state index in [4.69, 9.17) is 10.4 Å². The molecule has 36 heavy (non-hydrogen) atoms. The summed E-state index contributed by atoms with van der Waals surface area (Å²) in [5, 5.41) is 18.1. The van der Waals surface area contributed by atoms with Gasteiger partial charge in [-0.25, -0.2) is 4.79 Å². The van der Waals surface area contributed by atoms with Crippen molar-refractivity contribution >= 4 is 34.8 Å². The summed E-state index contributed by atoms with van der Waals surface area (Å²) in [5.41, 5.74) is 6.53. The highest BCUT2D eigenvalue weighted by Gasteiger charge is 2.36. The van der Waals surface area contributed by atoms with E-state index >= 15 is 0 Å². The molecule has 6 heteroatoms. The van der Waals surface area contributed by atoms with Gasteiger partial charge in [-0.05, 0) is 59.7 Å². The third-order valence-corrected chi connectivity index (χ3v) is 7.70. The molecule has 4 aromatic rings. The highest BCUT2D eigenvalue weighted by Crippen LogP contribution is 2.47. The Morgan fingerprint density at radius 3 is 2.56 bits per heavy atom. The maximum absolute atomic E-state index is 11.1. The Morgan fingerprint density at radius 1 is 0.972 bits per heavy atom. The van der Waals surface area contributed by atoms with E-state index in [1.807, 2.05) is 24.3 Å². The van der Waals surface area contributed by atoms with Crippen molar-refractivity contribution in [3.05, 3.63) is 113 Å². The van der Waals surface area contributed by atoms with Gasteiger partial charge < -0.3 is 15.0 Å². The molecule has 2 atom stereocenters. The van der Waals surface area contributed by atoms with Crippen LogP contribution >= 0.6 is 11.3 Å². The lowest BCUT2D eigenvalue weighted by Gasteiger charge is -2.28. The molecule has 0 saturated heterocycles. The van der Waals surface area contributed by atoms with E-state index in [0.29, 0.717) is 5.92 Å². The molecule has 3 heterocycles. The zero-order valence-corrected chi connectivity index (χ0v) is 19.9. The minimum atomic E-state index is -1.22. The first-order chi connectivity index (χ1) is 17.6. The smallest absolute Gasteiger partial charge is 0.346 e. The second kappa shape index (κ2) is 8.88. The van der Waals surface area contributed by atoms with Crippen LogP contribution in [0.5, 0.6) is 0 Å². The van der Waals surface area contributed by atoms with E-state index in [1.54, 1.807) is 6.07 Å². The van der Waals surface area contributed by atoms with E-state index in [0.717, 1.165) is 32.4 Å². The number of anilines is 2. The van der Waals surface area contributed by atoms with Gasteiger partial charge in [-0.1, -0.05) is 54.6 Å². The summed E-state index contributed by atoms with van der Waals surface area (Å²) in [6, 6.07) is 27.1. The molecular weight excluding hydrogens is 466 g/mol. The molecule has 0 fully saturated rings. The van der Waals surface area contributed by atoms with Gasteiger partial charge in [0.1, 0.15) is 11.6 Å². The highest BCUT2D eigenvalue weighted by molar-refractivity contribution is 7.16. The number of nitrogens with zero attached hydrogens (tertiary/aromatic N) is 2. The fourth-order valence-electron chi connectivity index (χ4n) is 4.96. The number of rotatable bonds is 5. The second-order valence-electron chi connectivity index (χ2n) is 8.72. The van der Waals surface area contributed by atoms with Crippen molar-refractivity contribution in [2.24, 2.45) is 0 Å². The molecule has 0 amide bonds. The normalized spacial score (nSPS) is 18.1. The van der Waals surface area contributed by atoms with E-state index < -0.39 is 5.97 Å². The summed E-state index contributed by atoms with van der Waals surface area (Å²) in [7, 11) is 0. The quantitative estimate of drug-likeness (QED) is 0.232. The molecule has 2 aliphatic rings. The Kier molecular flexibility index (Phi) is 5.40. The van der Waals surface area contributed by atoms with Gasteiger partial charge in [0, 0.05) is 27.9 Å². The maximum atomic E-state index is 11.1. The van der Waals surface area contributed by atoms with Gasteiger partial charge in [0.25, 0.3) is 0 Å². The third-order valence-electron chi connectivity index (χ3n) is 6.63. The average Bonchev–Trinajstić information content (AvgIpc) is 3.65. The molecule has 2 aromatic heterocycles. The Balaban J connectivity index is 1.26. The molecule has 0 radical (unpaired) electrons. The number of allylic oxidation sites excluding steroid dienone is 2. The Morgan fingerprint density at radius 2 is 1.75 bits per heavy atom. The molecule has 1 aliphatic carbocycles. The maximum Gasteiger partial charge on any atom is 0.346 e. The first kappa shape index (κ1) is 21.9. The lowest BCUT2D eigenvalue weighted by molar-refractivity contribution is -0.132. The summed E-state index contributed by atoms with van der Waals surface area (Å²) in [6.07, 6.45) is 10.2. The molecule has 174 valence electrons. The molecule has 6 rings (SSSR count). The van der Waals surface area contributed by atoms with Crippen molar-refractivity contribution in [2.75, 3.05) is 4.90 Å². The van der Waals surface area contributed by atoms with Crippen molar-refractivity contribution in [3.63, 3.8) is 0 Å². The number of aromatic amines is 1. The van der Waals surface area contributed by atoms with Gasteiger partial charge in [0.2, 0.25) is 0 Å². The van der Waals surface area contributed by atoms with Crippen molar-refractivity contribution in [3.8, 4) is 27.9 Å². The summed E-state index contributed by atoms with van der Waals surface area (Å²) in [5.74, 6) is -0.857. The predicted molar refractivity (Wildman–Crippen MR) is 144 cm³/mol. The van der Waals surface area contributed by atoms with Crippen LogP contribution < -0.4 is 4.90 Å². The van der Waals surface area contributed by atoms with Crippen molar-refractivity contribution in [1.29, 1.82) is 5.26 Å². The molecular formula is C30H21N3O2S. The largest absolute Gasteiger partial charge is 0.477 e. The second-order valence-corrected chi connectivity index (χ2v) is 9.84. The number of aliphatic carboxylic acids is 1. The lowest BCUT2D eigenvalue weighted by atomic mass is 9.91. The molecule has 0 saturated carbocycles. The molecule has 2 N–H and O–H groups in total. The summed E-state index contributed by atoms with van der Waals surface area (Å²) >= 11 is 1.44. The Hall–Kier alpha value is -4.60. The first-order valence-corrected chi connectivity index (χ1v) is 12.4. The number of para-hydroxylation sites is 1. The number of fused-ring (bicyclic) bond motifs is 3. The molecule has 0 bridgehead atoms. The van der Waals surface area contributed by atoms with Crippen LogP contribution in [0.2, 0.25) is 0 Å². The number of carbonyl (C=O) groups is 1. The minimum Gasteiger partial charge on any atom is -0.477 e. The van der Waals surface area contributed by atoms with E-state index in [2.05, 4.69) is 82.7 Å². The van der Waals surface area contributed by atoms with Crippen LogP contribution in [0.1, 0.15) is 16.4 Å². The van der Waals surface area contributed by atoms with Crippen molar-refractivity contribution < 1.29 is 9.90 Å². The number of aromatic nitrogens is 1. The van der Waals surface area contributed by atoms with Gasteiger partial charge in [-0.15, -0.1) is 11.3 Å². The van der Waals surface area contributed by atoms with Crippen LogP contribution in [-0.2, 0) is 4.79 Å². The predicted octanol–water partition coefficient (Wildman–Crippen LogP) is 7.13. The van der Waals surface area contributed by atoms with Crippen LogP contribution in [0.3, 0.4) is 0 Å². The van der Waals surface area contributed by atoms with E-state index in [-0.39, 0.29) is 11.6 Å². The minimum absolute atomic E-state index is 0.276. The first-order valence-electron chi connectivity index (χ1n) is 11.6. The Labute approximate surface area is 212 Å². The number of thiophene rings is 1. The standard InChI is InChI=1S/C30H21N3O2S/c31-18-20(30(34)35)17-22-13-16-29(36-22)26-15-14-25(32-26)19-9-11-21(12-10-19)33-27-7-3-1-5-23(27)24-6-2-4-8-28(24)33/h1-17,23,27,32H,(H,34,35)/b20-17-. The van der Waals surface area contributed by atoms with Gasteiger partial charge in [-0.3, -0.25) is 0 Å². The number of nitriles is 1. The number of carboxylic acid groups (broad SMARTS) is 1. The van der Waals surface area contributed by atoms with Crippen LogP contribution in [0.25, 0.3) is 27.9 Å². The monoisotopic (exact) mass is 487 g/mol. The van der Waals surface area contributed by atoms with E-state index in [9.17, 15) is 4.79 Å². The molecule has 0 spiro atoms. The van der Waals surface area contributed by atoms with Crippen LogP contribution in [0.4, 0.5) is 11.4 Å².